The van der Waals surface area contributed by atoms with Gasteiger partial charge in [-0.1, -0.05) is 44.2 Å². The van der Waals surface area contributed by atoms with Gasteiger partial charge in [-0.15, -0.1) is 0 Å². The van der Waals surface area contributed by atoms with Crippen molar-refractivity contribution >= 4 is 6.09 Å². The second-order valence-electron chi connectivity index (χ2n) is 4.92. The highest BCUT2D eigenvalue weighted by Crippen LogP contribution is 2.15. The van der Waals surface area contributed by atoms with Gasteiger partial charge in [0.2, 0.25) is 0 Å². The van der Waals surface area contributed by atoms with Crippen LogP contribution in [0.4, 0.5) is 4.79 Å². The lowest BCUT2D eigenvalue weighted by molar-refractivity contribution is 0.0945. The molecular weight excluding hydrogens is 230 g/mol. The molecule has 0 aliphatic heterocycles. The molecule has 0 spiro atoms. The molecule has 0 saturated carbocycles. The number of rotatable bonds is 5. The van der Waals surface area contributed by atoms with E-state index in [-0.39, 0.29) is 19.1 Å². The van der Waals surface area contributed by atoms with Gasteiger partial charge in [0.05, 0.1) is 12.1 Å². The summed E-state index contributed by atoms with van der Waals surface area (Å²) in [6.45, 7) is 5.78. The first-order valence-electron chi connectivity index (χ1n) is 6.07. The van der Waals surface area contributed by atoms with Gasteiger partial charge in [-0.2, -0.15) is 0 Å². The van der Waals surface area contributed by atoms with Gasteiger partial charge in [0.25, 0.3) is 0 Å². The topological polar surface area (TPSA) is 58.6 Å². The molecule has 4 nitrogen and oxygen atoms in total. The molecule has 0 saturated heterocycles. The number of aliphatic hydroxyl groups excluding tert-OH is 1. The fourth-order valence-electron chi connectivity index (χ4n) is 1.36. The largest absolute Gasteiger partial charge is 0.445 e. The Balaban J connectivity index is 2.47. The molecule has 1 rings (SSSR count). The van der Waals surface area contributed by atoms with Crippen LogP contribution in [0.2, 0.25) is 0 Å². The van der Waals surface area contributed by atoms with Crippen molar-refractivity contribution in [2.75, 3.05) is 6.61 Å². The van der Waals surface area contributed by atoms with Crippen molar-refractivity contribution in [3.63, 3.8) is 0 Å². The van der Waals surface area contributed by atoms with Gasteiger partial charge < -0.3 is 15.2 Å². The van der Waals surface area contributed by atoms with Gasteiger partial charge in [0.1, 0.15) is 6.61 Å². The standard InChI is InChI=1S/C14H21NO3/c1-11(2)14(3,10-16)15-13(17)18-9-12-7-5-4-6-8-12/h4-8,11,16H,9-10H2,1-3H3,(H,15,17). The number of amides is 1. The van der Waals surface area contributed by atoms with E-state index in [0.29, 0.717) is 0 Å². The number of hydrogen-bond donors (Lipinski definition) is 2. The Kier molecular flexibility index (Phi) is 5.16. The van der Waals surface area contributed by atoms with Crippen LogP contribution in [0.15, 0.2) is 30.3 Å². The molecule has 18 heavy (non-hydrogen) atoms. The predicted octanol–water partition coefficient (Wildman–Crippen LogP) is 2.32. The first-order chi connectivity index (χ1) is 8.48. The monoisotopic (exact) mass is 251 g/mol. The van der Waals surface area contributed by atoms with Crippen molar-refractivity contribution < 1.29 is 14.6 Å². The molecule has 0 heterocycles. The van der Waals surface area contributed by atoms with Crippen molar-refractivity contribution in [2.45, 2.75) is 32.9 Å². The number of carbonyl (C=O) groups excluding carboxylic acids is 1. The van der Waals surface area contributed by atoms with Crippen LogP contribution in [0, 0.1) is 5.92 Å². The van der Waals surface area contributed by atoms with E-state index in [4.69, 9.17) is 4.74 Å². The maximum atomic E-state index is 11.7. The maximum Gasteiger partial charge on any atom is 0.407 e. The van der Waals surface area contributed by atoms with E-state index in [1.54, 1.807) is 6.92 Å². The number of alkyl carbamates (subject to hydrolysis) is 1. The van der Waals surface area contributed by atoms with Crippen molar-refractivity contribution in [2.24, 2.45) is 5.92 Å². The summed E-state index contributed by atoms with van der Waals surface area (Å²) in [4.78, 5) is 11.7. The molecule has 1 unspecified atom stereocenters. The highest BCUT2D eigenvalue weighted by atomic mass is 16.5. The molecule has 0 radical (unpaired) electrons. The second kappa shape index (κ2) is 6.40. The van der Waals surface area contributed by atoms with Crippen LogP contribution in [-0.4, -0.2) is 23.3 Å². The van der Waals surface area contributed by atoms with Crippen molar-refractivity contribution in [1.29, 1.82) is 0 Å². The zero-order valence-corrected chi connectivity index (χ0v) is 11.1. The van der Waals surface area contributed by atoms with Gasteiger partial charge in [-0.3, -0.25) is 0 Å². The molecule has 0 fully saturated rings. The Labute approximate surface area is 108 Å². The molecule has 0 aromatic heterocycles. The minimum atomic E-state index is -0.659. The Morgan fingerprint density at radius 3 is 2.50 bits per heavy atom. The van der Waals surface area contributed by atoms with Crippen molar-refractivity contribution in [3.05, 3.63) is 35.9 Å². The molecule has 1 amide bonds. The van der Waals surface area contributed by atoms with E-state index >= 15 is 0 Å². The van der Waals surface area contributed by atoms with E-state index in [0.717, 1.165) is 5.56 Å². The highest BCUT2D eigenvalue weighted by molar-refractivity contribution is 5.68. The molecular formula is C14H21NO3. The van der Waals surface area contributed by atoms with E-state index in [1.165, 1.54) is 0 Å². The Morgan fingerprint density at radius 1 is 1.39 bits per heavy atom. The van der Waals surface area contributed by atoms with E-state index in [9.17, 15) is 9.90 Å². The van der Waals surface area contributed by atoms with Gasteiger partial charge in [-0.25, -0.2) is 4.79 Å². The van der Waals surface area contributed by atoms with Crippen LogP contribution in [0.1, 0.15) is 26.3 Å². The zero-order chi connectivity index (χ0) is 13.6. The summed E-state index contributed by atoms with van der Waals surface area (Å²) in [7, 11) is 0. The lowest BCUT2D eigenvalue weighted by Crippen LogP contribution is -2.52. The minimum absolute atomic E-state index is 0.117. The van der Waals surface area contributed by atoms with Crippen molar-refractivity contribution in [3.8, 4) is 0 Å². The maximum absolute atomic E-state index is 11.7. The number of aliphatic hydroxyl groups is 1. The summed E-state index contributed by atoms with van der Waals surface area (Å²) in [5.74, 6) is 0.117. The SMILES string of the molecule is CC(C)C(C)(CO)NC(=O)OCc1ccccc1. The predicted molar refractivity (Wildman–Crippen MR) is 70.1 cm³/mol. The van der Waals surface area contributed by atoms with E-state index in [2.05, 4.69) is 5.32 Å². The van der Waals surface area contributed by atoms with Crippen LogP contribution in [0.5, 0.6) is 0 Å². The van der Waals surface area contributed by atoms with Gasteiger partial charge in [-0.05, 0) is 18.4 Å². The third-order valence-electron chi connectivity index (χ3n) is 3.20. The van der Waals surface area contributed by atoms with Crippen LogP contribution in [0.3, 0.4) is 0 Å². The van der Waals surface area contributed by atoms with Crippen molar-refractivity contribution in [1.82, 2.24) is 5.32 Å². The number of nitrogens with one attached hydrogen (secondary N) is 1. The first kappa shape index (κ1) is 14.5. The molecule has 100 valence electrons. The fraction of sp³-hybridized carbons (Fsp3) is 0.500. The zero-order valence-electron chi connectivity index (χ0n) is 11.1. The smallest absolute Gasteiger partial charge is 0.407 e. The average molecular weight is 251 g/mol. The average Bonchev–Trinajstić information content (AvgIpc) is 2.37. The number of ether oxygens (including phenoxy) is 1. The molecule has 1 aromatic rings. The van der Waals surface area contributed by atoms with Gasteiger partial charge in [0.15, 0.2) is 0 Å². The van der Waals surface area contributed by atoms with Crippen LogP contribution < -0.4 is 5.32 Å². The van der Waals surface area contributed by atoms with Crippen LogP contribution in [-0.2, 0) is 11.3 Å². The van der Waals surface area contributed by atoms with Crippen LogP contribution in [0.25, 0.3) is 0 Å². The quantitative estimate of drug-likeness (QED) is 0.844. The summed E-state index contributed by atoms with van der Waals surface area (Å²) in [6.07, 6.45) is -0.510. The molecule has 0 bridgehead atoms. The second-order valence-corrected chi connectivity index (χ2v) is 4.92. The van der Waals surface area contributed by atoms with Gasteiger partial charge >= 0.3 is 6.09 Å². The Morgan fingerprint density at radius 2 is 2.00 bits per heavy atom. The summed E-state index contributed by atoms with van der Waals surface area (Å²) in [5.41, 5.74) is 0.274. The normalized spacial score (nSPS) is 14.1. The summed E-state index contributed by atoms with van der Waals surface area (Å²) >= 11 is 0. The molecule has 1 atom stereocenters. The minimum Gasteiger partial charge on any atom is -0.445 e. The summed E-state index contributed by atoms with van der Waals surface area (Å²) in [6, 6.07) is 9.47. The molecule has 0 aliphatic rings. The fourth-order valence-corrected chi connectivity index (χ4v) is 1.36. The lowest BCUT2D eigenvalue weighted by Gasteiger charge is -2.32. The molecule has 2 N–H and O–H groups in total. The van der Waals surface area contributed by atoms with E-state index in [1.807, 2.05) is 44.2 Å². The third kappa shape index (κ3) is 4.04. The Hall–Kier alpha value is -1.55. The lowest BCUT2D eigenvalue weighted by atomic mass is 9.90. The molecule has 1 aromatic carbocycles. The Bertz CT molecular complexity index is 378. The number of benzene rings is 1. The summed E-state index contributed by atoms with van der Waals surface area (Å²) in [5, 5.41) is 12.0. The van der Waals surface area contributed by atoms with E-state index < -0.39 is 11.6 Å². The van der Waals surface area contributed by atoms with Gasteiger partial charge in [0, 0.05) is 0 Å². The third-order valence-corrected chi connectivity index (χ3v) is 3.20. The number of carbonyl (C=O) groups is 1. The highest BCUT2D eigenvalue weighted by Gasteiger charge is 2.29. The molecule has 0 aliphatic carbocycles. The first-order valence-corrected chi connectivity index (χ1v) is 6.07. The summed E-state index contributed by atoms with van der Waals surface area (Å²) < 4.78 is 5.11. The van der Waals surface area contributed by atoms with Crippen LogP contribution >= 0.6 is 0 Å². The number of hydrogen-bond acceptors (Lipinski definition) is 3. The molecule has 4 heteroatoms.